The molecule has 3 heterocycles. The summed E-state index contributed by atoms with van der Waals surface area (Å²) in [6, 6.07) is 0. The van der Waals surface area contributed by atoms with Crippen LogP contribution in [-0.4, -0.2) is 49.8 Å². The lowest BCUT2D eigenvalue weighted by atomic mass is 10.0. The van der Waals surface area contributed by atoms with E-state index < -0.39 is 10.0 Å². The summed E-state index contributed by atoms with van der Waals surface area (Å²) >= 11 is 0. The second-order valence-corrected chi connectivity index (χ2v) is 9.06. The second kappa shape index (κ2) is 6.74. The first kappa shape index (κ1) is 16.5. The average molecular weight is 355 g/mol. The molecule has 1 saturated carbocycles. The quantitative estimate of drug-likeness (QED) is 0.823. The van der Waals surface area contributed by atoms with Gasteiger partial charge in [0.1, 0.15) is 6.10 Å². The van der Waals surface area contributed by atoms with Crippen molar-refractivity contribution in [1.29, 1.82) is 0 Å². The molecular formula is C16H25N3O4S. The third-order valence-corrected chi connectivity index (χ3v) is 7.00. The normalized spacial score (nSPS) is 25.6. The van der Waals surface area contributed by atoms with Gasteiger partial charge in [-0.1, -0.05) is 0 Å². The molecule has 0 aromatic carbocycles. The molecule has 1 N–H and O–H groups in total. The molecule has 0 radical (unpaired) electrons. The molecule has 8 heteroatoms. The molecule has 1 aromatic rings. The molecule has 1 saturated heterocycles. The summed E-state index contributed by atoms with van der Waals surface area (Å²) in [4.78, 5) is 0. The van der Waals surface area contributed by atoms with Gasteiger partial charge in [0, 0.05) is 32.5 Å². The van der Waals surface area contributed by atoms with Gasteiger partial charge in [-0.15, -0.1) is 0 Å². The number of fused-ring (bicyclic) bond motifs is 1. The highest BCUT2D eigenvalue weighted by Gasteiger charge is 2.36. The van der Waals surface area contributed by atoms with E-state index in [4.69, 9.17) is 14.6 Å². The van der Waals surface area contributed by atoms with Crippen LogP contribution in [0.3, 0.4) is 0 Å². The molecule has 134 valence electrons. The standard InChI is InChI=1S/C16H25N3O4S/c20-24(21,14-1-2-14)17-9-15-16-13(5-8-23-15)11-19(18-16)10-12-3-6-22-7-4-12/h11-12,14-15,17H,1-10H2/t15-/m0/s1. The Morgan fingerprint density at radius 2 is 2.00 bits per heavy atom. The summed E-state index contributed by atoms with van der Waals surface area (Å²) in [6.45, 7) is 3.46. The van der Waals surface area contributed by atoms with Crippen molar-refractivity contribution in [2.75, 3.05) is 26.4 Å². The maximum atomic E-state index is 12.0. The van der Waals surface area contributed by atoms with Crippen LogP contribution in [0.25, 0.3) is 0 Å². The summed E-state index contributed by atoms with van der Waals surface area (Å²) in [5.74, 6) is 0.604. The van der Waals surface area contributed by atoms with E-state index in [-0.39, 0.29) is 17.9 Å². The van der Waals surface area contributed by atoms with E-state index in [1.165, 1.54) is 5.56 Å². The number of ether oxygens (including phenoxy) is 2. The molecule has 1 aliphatic carbocycles. The SMILES string of the molecule is O=S(=O)(NC[C@@H]1OCCc2cn(CC3CCOCC3)nc21)C1CC1. The predicted octanol–water partition coefficient (Wildman–Crippen LogP) is 1.01. The van der Waals surface area contributed by atoms with E-state index in [1.54, 1.807) is 0 Å². The summed E-state index contributed by atoms with van der Waals surface area (Å²) in [7, 11) is -3.18. The third-order valence-electron chi connectivity index (χ3n) is 5.08. The molecule has 24 heavy (non-hydrogen) atoms. The summed E-state index contributed by atoms with van der Waals surface area (Å²) in [5.41, 5.74) is 2.08. The fourth-order valence-electron chi connectivity index (χ4n) is 3.46. The number of hydrogen-bond donors (Lipinski definition) is 1. The van der Waals surface area contributed by atoms with Gasteiger partial charge in [0.2, 0.25) is 10.0 Å². The number of nitrogens with zero attached hydrogens (tertiary/aromatic N) is 2. The highest BCUT2D eigenvalue weighted by Crippen LogP contribution is 2.29. The highest BCUT2D eigenvalue weighted by atomic mass is 32.2. The zero-order valence-electron chi connectivity index (χ0n) is 13.8. The van der Waals surface area contributed by atoms with Crippen molar-refractivity contribution >= 4 is 10.0 Å². The van der Waals surface area contributed by atoms with Crippen LogP contribution in [0.5, 0.6) is 0 Å². The monoisotopic (exact) mass is 355 g/mol. The fourth-order valence-corrected chi connectivity index (χ4v) is 4.84. The minimum absolute atomic E-state index is 0.202. The van der Waals surface area contributed by atoms with Gasteiger partial charge in [0.05, 0.1) is 17.6 Å². The first-order chi connectivity index (χ1) is 11.6. The molecule has 4 rings (SSSR count). The number of nitrogens with one attached hydrogen (secondary N) is 1. The van der Waals surface area contributed by atoms with E-state index in [0.29, 0.717) is 12.5 Å². The van der Waals surface area contributed by atoms with Crippen LogP contribution >= 0.6 is 0 Å². The van der Waals surface area contributed by atoms with Crippen LogP contribution in [0, 0.1) is 5.92 Å². The lowest BCUT2D eigenvalue weighted by molar-refractivity contribution is 0.0424. The maximum Gasteiger partial charge on any atom is 0.214 e. The lowest BCUT2D eigenvalue weighted by Gasteiger charge is -2.22. The Morgan fingerprint density at radius 3 is 2.75 bits per heavy atom. The summed E-state index contributed by atoms with van der Waals surface area (Å²) in [5, 5.41) is 4.50. The van der Waals surface area contributed by atoms with Crippen LogP contribution in [-0.2, 0) is 32.5 Å². The molecular weight excluding hydrogens is 330 g/mol. The van der Waals surface area contributed by atoms with Crippen molar-refractivity contribution in [3.63, 3.8) is 0 Å². The first-order valence-corrected chi connectivity index (χ1v) is 10.4. The fraction of sp³-hybridized carbons (Fsp3) is 0.812. The molecule has 2 fully saturated rings. The van der Waals surface area contributed by atoms with Crippen molar-refractivity contribution < 1.29 is 17.9 Å². The van der Waals surface area contributed by atoms with E-state index in [2.05, 4.69) is 10.9 Å². The predicted molar refractivity (Wildman–Crippen MR) is 88.1 cm³/mol. The highest BCUT2D eigenvalue weighted by molar-refractivity contribution is 7.90. The summed E-state index contributed by atoms with van der Waals surface area (Å²) in [6.07, 6.45) is 6.36. The molecule has 0 amide bonds. The largest absolute Gasteiger partial charge is 0.381 e. The van der Waals surface area contributed by atoms with Crippen LogP contribution in [0.4, 0.5) is 0 Å². The Balaban J connectivity index is 1.42. The summed E-state index contributed by atoms with van der Waals surface area (Å²) < 4.78 is 39.9. The Bertz CT molecular complexity index is 677. The van der Waals surface area contributed by atoms with Gasteiger partial charge in [0.15, 0.2) is 0 Å². The van der Waals surface area contributed by atoms with Crippen LogP contribution in [0.15, 0.2) is 6.20 Å². The molecule has 2 aliphatic heterocycles. The average Bonchev–Trinajstić information content (AvgIpc) is 3.36. The number of hydrogen-bond acceptors (Lipinski definition) is 5. The van der Waals surface area contributed by atoms with Crippen LogP contribution < -0.4 is 4.72 Å². The first-order valence-electron chi connectivity index (χ1n) is 8.86. The van der Waals surface area contributed by atoms with Gasteiger partial charge < -0.3 is 9.47 Å². The second-order valence-electron chi connectivity index (χ2n) is 7.02. The van der Waals surface area contributed by atoms with Crippen molar-refractivity contribution in [2.24, 2.45) is 5.92 Å². The van der Waals surface area contributed by atoms with Gasteiger partial charge in [-0.3, -0.25) is 4.68 Å². The van der Waals surface area contributed by atoms with Crippen molar-refractivity contribution in [1.82, 2.24) is 14.5 Å². The van der Waals surface area contributed by atoms with E-state index in [1.807, 2.05) is 4.68 Å². The van der Waals surface area contributed by atoms with Gasteiger partial charge in [0.25, 0.3) is 0 Å². The third kappa shape index (κ3) is 3.66. The number of rotatable bonds is 6. The smallest absolute Gasteiger partial charge is 0.214 e. The molecule has 1 aromatic heterocycles. The van der Waals surface area contributed by atoms with Crippen molar-refractivity contribution in [3.05, 3.63) is 17.5 Å². The zero-order valence-corrected chi connectivity index (χ0v) is 14.6. The minimum atomic E-state index is -3.18. The van der Waals surface area contributed by atoms with Gasteiger partial charge >= 0.3 is 0 Å². The Hall–Kier alpha value is -0.960. The Morgan fingerprint density at radius 1 is 1.21 bits per heavy atom. The van der Waals surface area contributed by atoms with Gasteiger partial charge in [-0.2, -0.15) is 5.10 Å². The van der Waals surface area contributed by atoms with E-state index in [0.717, 1.165) is 57.6 Å². The Kier molecular flexibility index (Phi) is 4.64. The van der Waals surface area contributed by atoms with Gasteiger partial charge in [-0.05, 0) is 43.6 Å². The van der Waals surface area contributed by atoms with Crippen molar-refractivity contribution in [2.45, 2.75) is 50.0 Å². The van der Waals surface area contributed by atoms with E-state index >= 15 is 0 Å². The van der Waals surface area contributed by atoms with Gasteiger partial charge in [-0.25, -0.2) is 13.1 Å². The van der Waals surface area contributed by atoms with E-state index in [9.17, 15) is 8.42 Å². The number of aromatic nitrogens is 2. The molecule has 0 bridgehead atoms. The lowest BCUT2D eigenvalue weighted by Crippen LogP contribution is -2.34. The molecule has 0 unspecified atom stereocenters. The zero-order chi connectivity index (χ0) is 16.6. The molecule has 7 nitrogen and oxygen atoms in total. The Labute approximate surface area is 142 Å². The van der Waals surface area contributed by atoms with Crippen LogP contribution in [0.1, 0.15) is 43.0 Å². The molecule has 1 atom stereocenters. The van der Waals surface area contributed by atoms with Crippen LogP contribution in [0.2, 0.25) is 0 Å². The molecule has 0 spiro atoms. The van der Waals surface area contributed by atoms with Crippen molar-refractivity contribution in [3.8, 4) is 0 Å². The number of sulfonamides is 1. The topological polar surface area (TPSA) is 82.5 Å². The maximum absolute atomic E-state index is 12.0. The minimum Gasteiger partial charge on any atom is -0.381 e. The molecule has 3 aliphatic rings.